The van der Waals surface area contributed by atoms with Crippen LogP contribution in [0.25, 0.3) is 11.3 Å². The van der Waals surface area contributed by atoms with Gasteiger partial charge < -0.3 is 9.64 Å². The highest BCUT2D eigenvalue weighted by molar-refractivity contribution is 6.11. The molecular weight excluding hydrogens is 363 g/mol. The number of carbonyl (C=O) groups is 1. The number of aromatic nitrogens is 2. The molecule has 8 nitrogen and oxygen atoms in total. The number of halogens is 1. The number of ether oxygens (including phenoxy) is 1. The van der Waals surface area contributed by atoms with E-state index in [1.165, 1.54) is 12.1 Å². The molecule has 1 saturated heterocycles. The fourth-order valence-electron chi connectivity index (χ4n) is 3.17. The van der Waals surface area contributed by atoms with Gasteiger partial charge in [0.25, 0.3) is 11.9 Å². The average Bonchev–Trinajstić information content (AvgIpc) is 3.06. The monoisotopic (exact) mass is 380 g/mol. The minimum Gasteiger partial charge on any atom is -0.378 e. The molecule has 2 aromatic rings. The molecule has 4 rings (SSSR count). The number of hydrogen-bond acceptors (Lipinski definition) is 7. The molecule has 9 heteroatoms. The zero-order chi connectivity index (χ0) is 19.7. The van der Waals surface area contributed by atoms with Gasteiger partial charge in [0.1, 0.15) is 17.4 Å². The van der Waals surface area contributed by atoms with Crippen molar-refractivity contribution < 1.29 is 13.9 Å². The summed E-state index contributed by atoms with van der Waals surface area (Å²) in [6, 6.07) is 7.87. The molecule has 1 aromatic carbocycles. The predicted molar refractivity (Wildman–Crippen MR) is 100 cm³/mol. The Kier molecular flexibility index (Phi) is 4.71. The van der Waals surface area contributed by atoms with Crippen LogP contribution in [0.1, 0.15) is 18.9 Å². The third-order valence-electron chi connectivity index (χ3n) is 4.52. The summed E-state index contributed by atoms with van der Waals surface area (Å²) in [6.45, 7) is 3.89. The smallest absolute Gasteiger partial charge is 0.256 e. The Balaban J connectivity index is 1.90. The fraction of sp³-hybridized carbons (Fsp3) is 0.316. The summed E-state index contributed by atoms with van der Waals surface area (Å²) in [4.78, 5) is 23.2. The summed E-state index contributed by atoms with van der Waals surface area (Å²) in [5.74, 6) is -0.107. The Bertz CT molecular complexity index is 993. The molecule has 2 aliphatic heterocycles. The van der Waals surface area contributed by atoms with Gasteiger partial charge in [-0.1, -0.05) is 0 Å². The highest BCUT2D eigenvalue weighted by atomic mass is 19.1. The molecule has 3 heterocycles. The van der Waals surface area contributed by atoms with Gasteiger partial charge in [0, 0.05) is 24.4 Å². The van der Waals surface area contributed by atoms with Gasteiger partial charge in [-0.25, -0.2) is 9.37 Å². The SMILES string of the molecule is CC1=NN(c2nc(-c3ccc(F)cc3)c(C#N)c(N3CCOCC3)n2)C(=O)C1. The maximum atomic E-state index is 13.4. The normalized spacial score (nSPS) is 16.9. The van der Waals surface area contributed by atoms with Crippen LogP contribution in [0.15, 0.2) is 29.4 Å². The van der Waals surface area contributed by atoms with Crippen LogP contribution in [0.2, 0.25) is 0 Å². The first-order valence-electron chi connectivity index (χ1n) is 8.84. The first-order valence-corrected chi connectivity index (χ1v) is 8.84. The van der Waals surface area contributed by atoms with Crippen molar-refractivity contribution in [2.75, 3.05) is 36.2 Å². The second kappa shape index (κ2) is 7.32. The van der Waals surface area contributed by atoms with E-state index in [2.05, 4.69) is 21.1 Å². The summed E-state index contributed by atoms with van der Waals surface area (Å²) >= 11 is 0. The van der Waals surface area contributed by atoms with Crippen molar-refractivity contribution in [1.29, 1.82) is 5.26 Å². The number of carbonyl (C=O) groups excluding carboxylic acids is 1. The minimum absolute atomic E-state index is 0.0988. The minimum atomic E-state index is -0.389. The molecule has 1 amide bonds. The van der Waals surface area contributed by atoms with Crippen LogP contribution in [-0.4, -0.2) is 47.9 Å². The lowest BCUT2D eigenvalue weighted by atomic mass is 10.1. The van der Waals surface area contributed by atoms with Crippen molar-refractivity contribution in [2.24, 2.45) is 5.10 Å². The quantitative estimate of drug-likeness (QED) is 0.809. The van der Waals surface area contributed by atoms with E-state index in [0.717, 1.165) is 5.01 Å². The second-order valence-electron chi connectivity index (χ2n) is 6.51. The van der Waals surface area contributed by atoms with Crippen molar-refractivity contribution in [3.63, 3.8) is 0 Å². The van der Waals surface area contributed by atoms with Gasteiger partial charge in [-0.15, -0.1) is 0 Å². The number of hydrogen-bond donors (Lipinski definition) is 0. The van der Waals surface area contributed by atoms with Gasteiger partial charge in [0.05, 0.1) is 25.3 Å². The van der Waals surface area contributed by atoms with Crippen molar-refractivity contribution in [3.05, 3.63) is 35.6 Å². The molecule has 28 heavy (non-hydrogen) atoms. The van der Waals surface area contributed by atoms with Crippen molar-refractivity contribution in [3.8, 4) is 17.3 Å². The van der Waals surface area contributed by atoms with Crippen molar-refractivity contribution in [1.82, 2.24) is 9.97 Å². The van der Waals surface area contributed by atoms with E-state index in [4.69, 9.17) is 4.74 Å². The van der Waals surface area contributed by atoms with E-state index in [1.807, 2.05) is 4.90 Å². The number of nitriles is 1. The first kappa shape index (κ1) is 18.0. The Morgan fingerprint density at radius 1 is 1.18 bits per heavy atom. The van der Waals surface area contributed by atoms with Gasteiger partial charge in [-0.05, 0) is 31.2 Å². The van der Waals surface area contributed by atoms with Crippen LogP contribution >= 0.6 is 0 Å². The predicted octanol–water partition coefficient (Wildman–Crippen LogP) is 2.10. The third kappa shape index (κ3) is 3.30. The largest absolute Gasteiger partial charge is 0.378 e. The van der Waals surface area contributed by atoms with E-state index in [-0.39, 0.29) is 29.7 Å². The lowest BCUT2D eigenvalue weighted by Crippen LogP contribution is -2.38. The lowest BCUT2D eigenvalue weighted by Gasteiger charge is -2.29. The van der Waals surface area contributed by atoms with Gasteiger partial charge >= 0.3 is 0 Å². The van der Waals surface area contributed by atoms with E-state index in [1.54, 1.807) is 19.1 Å². The second-order valence-corrected chi connectivity index (χ2v) is 6.51. The number of rotatable bonds is 3. The van der Waals surface area contributed by atoms with Gasteiger partial charge in [0.2, 0.25) is 0 Å². The van der Waals surface area contributed by atoms with Gasteiger partial charge in [-0.2, -0.15) is 20.4 Å². The molecule has 0 aliphatic carbocycles. The van der Waals surface area contributed by atoms with Crippen LogP contribution < -0.4 is 9.91 Å². The van der Waals surface area contributed by atoms with Crippen molar-refractivity contribution >= 4 is 23.4 Å². The number of morpholine rings is 1. The van der Waals surface area contributed by atoms with Crippen LogP contribution in [0.5, 0.6) is 0 Å². The topological polar surface area (TPSA) is 94.7 Å². The maximum absolute atomic E-state index is 13.4. The standard InChI is InChI=1S/C19H17FN6O2/c1-12-10-16(27)26(24-12)19-22-17(13-2-4-14(20)5-3-13)15(11-21)18(23-19)25-6-8-28-9-7-25/h2-5H,6-10H2,1H3. The number of nitrogens with zero attached hydrogens (tertiary/aromatic N) is 6. The molecule has 0 unspecified atom stereocenters. The summed E-state index contributed by atoms with van der Waals surface area (Å²) in [5.41, 5.74) is 1.82. The van der Waals surface area contributed by atoms with E-state index in [0.29, 0.717) is 49.1 Å². The molecule has 0 bridgehead atoms. The van der Waals surface area contributed by atoms with Crippen LogP contribution in [0.3, 0.4) is 0 Å². The zero-order valence-corrected chi connectivity index (χ0v) is 15.2. The summed E-state index contributed by atoms with van der Waals surface area (Å²) in [6.07, 6.45) is 0.197. The van der Waals surface area contributed by atoms with Gasteiger partial charge in [-0.3, -0.25) is 4.79 Å². The Hall–Kier alpha value is -3.38. The zero-order valence-electron chi connectivity index (χ0n) is 15.2. The van der Waals surface area contributed by atoms with Crippen LogP contribution in [0, 0.1) is 17.1 Å². The Labute approximate surface area is 160 Å². The third-order valence-corrected chi connectivity index (χ3v) is 4.52. The fourth-order valence-corrected chi connectivity index (χ4v) is 3.17. The first-order chi connectivity index (χ1) is 13.6. The molecule has 0 atom stereocenters. The molecule has 0 spiro atoms. The highest BCUT2D eigenvalue weighted by Gasteiger charge is 2.29. The van der Waals surface area contributed by atoms with E-state index >= 15 is 0 Å². The molecule has 1 fully saturated rings. The summed E-state index contributed by atoms with van der Waals surface area (Å²) < 4.78 is 18.8. The Morgan fingerprint density at radius 3 is 2.50 bits per heavy atom. The molecule has 0 saturated carbocycles. The van der Waals surface area contributed by atoms with Crippen LogP contribution in [-0.2, 0) is 9.53 Å². The molecule has 0 radical (unpaired) electrons. The Morgan fingerprint density at radius 2 is 1.89 bits per heavy atom. The van der Waals surface area contributed by atoms with Crippen LogP contribution in [0.4, 0.5) is 16.2 Å². The van der Waals surface area contributed by atoms with Gasteiger partial charge in [0.15, 0.2) is 5.82 Å². The number of hydrazone groups is 1. The van der Waals surface area contributed by atoms with E-state index in [9.17, 15) is 14.4 Å². The molecule has 2 aliphatic rings. The number of anilines is 2. The van der Waals surface area contributed by atoms with Crippen molar-refractivity contribution in [2.45, 2.75) is 13.3 Å². The number of amides is 1. The lowest BCUT2D eigenvalue weighted by molar-refractivity contribution is -0.117. The average molecular weight is 380 g/mol. The molecule has 142 valence electrons. The molecular formula is C19H17FN6O2. The maximum Gasteiger partial charge on any atom is 0.256 e. The van der Waals surface area contributed by atoms with E-state index < -0.39 is 0 Å². The summed E-state index contributed by atoms with van der Waals surface area (Å²) in [7, 11) is 0. The summed E-state index contributed by atoms with van der Waals surface area (Å²) in [5, 5.41) is 15.2. The molecule has 1 aromatic heterocycles. The number of benzene rings is 1. The molecule has 0 N–H and O–H groups in total. The highest BCUT2D eigenvalue weighted by Crippen LogP contribution is 2.32.